The summed E-state index contributed by atoms with van der Waals surface area (Å²) in [5.74, 6) is 0.603. The lowest BCUT2D eigenvalue weighted by molar-refractivity contribution is 0.389. The van der Waals surface area contributed by atoms with Gasteiger partial charge >= 0.3 is 0 Å². The van der Waals surface area contributed by atoms with Crippen LogP contribution in [0.15, 0.2) is 12.3 Å². The average Bonchev–Trinajstić information content (AvgIpc) is 2.34. The predicted octanol–water partition coefficient (Wildman–Crippen LogP) is 2.16. The van der Waals surface area contributed by atoms with Crippen molar-refractivity contribution in [3.63, 3.8) is 0 Å². The molecule has 17 heavy (non-hydrogen) atoms. The number of halogens is 1. The van der Waals surface area contributed by atoms with Gasteiger partial charge in [0.25, 0.3) is 0 Å². The van der Waals surface area contributed by atoms with E-state index >= 15 is 0 Å². The van der Waals surface area contributed by atoms with Crippen molar-refractivity contribution in [1.82, 2.24) is 10.3 Å². The standard InChI is InChI=1S/C12H15ClN4/c1-8-10(3-2-5-15-8)17-12-11(13)9(7-14)4-6-16-12/h4,6,8,10,15H,2-3,5H2,1H3,(H,16,17). The number of pyridine rings is 1. The van der Waals surface area contributed by atoms with Crippen LogP contribution in [0.4, 0.5) is 5.82 Å². The quantitative estimate of drug-likeness (QED) is 0.845. The zero-order valence-corrected chi connectivity index (χ0v) is 10.5. The van der Waals surface area contributed by atoms with Gasteiger partial charge in [-0.05, 0) is 32.4 Å². The number of anilines is 1. The molecule has 90 valence electrons. The number of hydrogen-bond donors (Lipinski definition) is 2. The summed E-state index contributed by atoms with van der Waals surface area (Å²) in [6, 6.07) is 4.37. The summed E-state index contributed by atoms with van der Waals surface area (Å²) >= 11 is 6.11. The van der Waals surface area contributed by atoms with Crippen LogP contribution in [-0.2, 0) is 0 Å². The molecule has 1 aliphatic rings. The SMILES string of the molecule is CC1NCCCC1Nc1nccc(C#N)c1Cl. The first-order valence-corrected chi connectivity index (χ1v) is 6.14. The van der Waals surface area contributed by atoms with E-state index in [9.17, 15) is 0 Å². The molecule has 0 radical (unpaired) electrons. The Morgan fingerprint density at radius 2 is 2.47 bits per heavy atom. The first-order valence-electron chi connectivity index (χ1n) is 5.77. The molecule has 0 saturated carbocycles. The highest BCUT2D eigenvalue weighted by Gasteiger charge is 2.22. The van der Waals surface area contributed by atoms with E-state index in [4.69, 9.17) is 16.9 Å². The molecular formula is C12H15ClN4. The second-order valence-corrected chi connectivity index (χ2v) is 4.65. The molecule has 2 unspecified atom stereocenters. The second-order valence-electron chi connectivity index (χ2n) is 4.27. The van der Waals surface area contributed by atoms with Gasteiger partial charge in [-0.3, -0.25) is 0 Å². The molecule has 5 heteroatoms. The fraction of sp³-hybridized carbons (Fsp3) is 0.500. The highest BCUT2D eigenvalue weighted by Crippen LogP contribution is 2.25. The van der Waals surface area contributed by atoms with Crippen molar-refractivity contribution >= 4 is 17.4 Å². The Balaban J connectivity index is 2.16. The average molecular weight is 251 g/mol. The van der Waals surface area contributed by atoms with Crippen LogP contribution in [0.25, 0.3) is 0 Å². The topological polar surface area (TPSA) is 60.7 Å². The van der Waals surface area contributed by atoms with Crippen LogP contribution in [0, 0.1) is 11.3 Å². The molecule has 2 N–H and O–H groups in total. The van der Waals surface area contributed by atoms with Crippen LogP contribution in [0.3, 0.4) is 0 Å². The maximum Gasteiger partial charge on any atom is 0.146 e. The van der Waals surface area contributed by atoms with E-state index < -0.39 is 0 Å². The van der Waals surface area contributed by atoms with Gasteiger partial charge in [0, 0.05) is 18.3 Å². The van der Waals surface area contributed by atoms with E-state index in [0.29, 0.717) is 28.5 Å². The Bertz CT molecular complexity index is 441. The molecule has 1 aromatic rings. The zero-order valence-electron chi connectivity index (χ0n) is 9.70. The van der Waals surface area contributed by atoms with Gasteiger partial charge in [-0.2, -0.15) is 5.26 Å². The lowest BCUT2D eigenvalue weighted by Gasteiger charge is -2.31. The molecule has 4 nitrogen and oxygen atoms in total. The highest BCUT2D eigenvalue weighted by atomic mass is 35.5. The van der Waals surface area contributed by atoms with Gasteiger partial charge in [0.2, 0.25) is 0 Å². The summed E-state index contributed by atoms with van der Waals surface area (Å²) in [5.41, 5.74) is 0.459. The Labute approximate surface area is 106 Å². The van der Waals surface area contributed by atoms with Crippen LogP contribution in [0.1, 0.15) is 25.3 Å². The zero-order chi connectivity index (χ0) is 12.3. The number of rotatable bonds is 2. The molecule has 1 aromatic heterocycles. The van der Waals surface area contributed by atoms with Crippen LogP contribution >= 0.6 is 11.6 Å². The van der Waals surface area contributed by atoms with Crippen molar-refractivity contribution in [2.45, 2.75) is 31.8 Å². The van der Waals surface area contributed by atoms with Crippen molar-refractivity contribution in [2.24, 2.45) is 0 Å². The molecule has 0 aliphatic carbocycles. The number of piperidine rings is 1. The van der Waals surface area contributed by atoms with Crippen molar-refractivity contribution in [3.05, 3.63) is 22.8 Å². The summed E-state index contributed by atoms with van der Waals surface area (Å²) in [6.07, 6.45) is 3.83. The van der Waals surface area contributed by atoms with E-state index in [1.807, 2.05) is 0 Å². The van der Waals surface area contributed by atoms with E-state index in [1.165, 1.54) is 0 Å². The monoisotopic (exact) mass is 250 g/mol. The van der Waals surface area contributed by atoms with E-state index in [1.54, 1.807) is 12.3 Å². The third kappa shape index (κ3) is 2.68. The predicted molar refractivity (Wildman–Crippen MR) is 68.1 cm³/mol. The van der Waals surface area contributed by atoms with Gasteiger partial charge in [-0.15, -0.1) is 0 Å². The summed E-state index contributed by atoms with van der Waals surface area (Å²) in [5, 5.41) is 16.0. The maximum atomic E-state index is 8.90. The fourth-order valence-corrected chi connectivity index (χ4v) is 2.26. The molecule has 0 amide bonds. The Morgan fingerprint density at radius 1 is 1.65 bits per heavy atom. The minimum absolute atomic E-state index is 0.308. The van der Waals surface area contributed by atoms with Gasteiger partial charge in [-0.25, -0.2) is 4.98 Å². The number of aromatic nitrogens is 1. The summed E-state index contributed by atoms with van der Waals surface area (Å²) in [7, 11) is 0. The lowest BCUT2D eigenvalue weighted by Crippen LogP contribution is -2.46. The largest absolute Gasteiger partial charge is 0.365 e. The minimum atomic E-state index is 0.308. The van der Waals surface area contributed by atoms with Crippen molar-refractivity contribution in [1.29, 1.82) is 5.26 Å². The van der Waals surface area contributed by atoms with Crippen molar-refractivity contribution in [2.75, 3.05) is 11.9 Å². The Morgan fingerprint density at radius 3 is 3.18 bits per heavy atom. The lowest BCUT2D eigenvalue weighted by atomic mass is 10.00. The molecule has 2 rings (SSSR count). The van der Waals surface area contributed by atoms with Gasteiger partial charge in [-0.1, -0.05) is 11.6 Å². The molecule has 0 bridgehead atoms. The first-order chi connectivity index (χ1) is 8.22. The second kappa shape index (κ2) is 5.35. The molecule has 1 aliphatic heterocycles. The highest BCUT2D eigenvalue weighted by molar-refractivity contribution is 6.34. The maximum absolute atomic E-state index is 8.90. The summed E-state index contributed by atoms with van der Waals surface area (Å²) in [6.45, 7) is 3.19. The third-order valence-corrected chi connectivity index (χ3v) is 3.48. The van der Waals surface area contributed by atoms with E-state index in [-0.39, 0.29) is 0 Å². The Hall–Kier alpha value is -1.31. The van der Waals surface area contributed by atoms with Gasteiger partial charge in [0.05, 0.1) is 5.56 Å². The number of nitriles is 1. The van der Waals surface area contributed by atoms with Crippen LogP contribution in [-0.4, -0.2) is 23.6 Å². The normalized spacial score (nSPS) is 24.1. The number of hydrogen-bond acceptors (Lipinski definition) is 4. The van der Waals surface area contributed by atoms with Crippen LogP contribution in [0.2, 0.25) is 5.02 Å². The van der Waals surface area contributed by atoms with Crippen molar-refractivity contribution in [3.8, 4) is 6.07 Å². The third-order valence-electron chi connectivity index (χ3n) is 3.09. The molecule has 0 spiro atoms. The van der Waals surface area contributed by atoms with E-state index in [0.717, 1.165) is 19.4 Å². The summed E-state index contributed by atoms with van der Waals surface area (Å²) in [4.78, 5) is 4.19. The van der Waals surface area contributed by atoms with Gasteiger partial charge < -0.3 is 10.6 Å². The van der Waals surface area contributed by atoms with Crippen LogP contribution in [0.5, 0.6) is 0 Å². The molecule has 2 atom stereocenters. The van der Waals surface area contributed by atoms with Crippen LogP contribution < -0.4 is 10.6 Å². The fourth-order valence-electron chi connectivity index (χ4n) is 2.05. The minimum Gasteiger partial charge on any atom is -0.365 e. The Kier molecular flexibility index (Phi) is 3.82. The number of nitrogens with one attached hydrogen (secondary N) is 2. The smallest absolute Gasteiger partial charge is 0.146 e. The molecule has 1 saturated heterocycles. The molecule has 2 heterocycles. The molecule has 0 aromatic carbocycles. The summed E-state index contributed by atoms with van der Waals surface area (Å²) < 4.78 is 0. The van der Waals surface area contributed by atoms with Gasteiger partial charge in [0.15, 0.2) is 0 Å². The molecular weight excluding hydrogens is 236 g/mol. The molecule has 1 fully saturated rings. The van der Waals surface area contributed by atoms with Crippen molar-refractivity contribution < 1.29 is 0 Å². The first kappa shape index (κ1) is 12.2. The van der Waals surface area contributed by atoms with Gasteiger partial charge in [0.1, 0.15) is 16.9 Å². The van der Waals surface area contributed by atoms with E-state index in [2.05, 4.69) is 28.6 Å². The number of nitrogens with zero attached hydrogens (tertiary/aromatic N) is 2.